The third-order valence-corrected chi connectivity index (χ3v) is 5.25. The highest BCUT2D eigenvalue weighted by Crippen LogP contribution is 2.27. The Balaban J connectivity index is 1.49. The number of rotatable bonds is 2. The van der Waals surface area contributed by atoms with Crippen molar-refractivity contribution in [3.05, 3.63) is 58.7 Å². The predicted octanol–water partition coefficient (Wildman–Crippen LogP) is 3.29. The monoisotopic (exact) mass is 321 g/mol. The van der Waals surface area contributed by atoms with Crippen LogP contribution in [0.2, 0.25) is 0 Å². The summed E-state index contributed by atoms with van der Waals surface area (Å²) >= 11 is 0. The number of hydrogen-bond donors (Lipinski definition) is 0. The van der Waals surface area contributed by atoms with E-state index >= 15 is 0 Å². The molecule has 1 aliphatic carbocycles. The molecule has 1 fully saturated rings. The first-order valence-electron chi connectivity index (χ1n) is 8.91. The number of amides is 1. The van der Waals surface area contributed by atoms with Gasteiger partial charge in [0, 0.05) is 36.5 Å². The number of carbonyl (C=O) groups excluding carboxylic acids is 1. The molecule has 1 unspecified atom stereocenters. The third kappa shape index (κ3) is 2.93. The zero-order valence-electron chi connectivity index (χ0n) is 14.2. The predicted molar refractivity (Wildman–Crippen MR) is 93.1 cm³/mol. The average molecular weight is 321 g/mol. The number of nitrogens with zero attached hydrogens (tertiary/aromatic N) is 3. The lowest BCUT2D eigenvalue weighted by Crippen LogP contribution is -2.29. The number of fused-ring (bicyclic) bond motifs is 1. The van der Waals surface area contributed by atoms with Crippen molar-refractivity contribution in [2.75, 3.05) is 13.1 Å². The van der Waals surface area contributed by atoms with E-state index in [9.17, 15) is 4.79 Å². The maximum atomic E-state index is 12.9. The van der Waals surface area contributed by atoms with Gasteiger partial charge in [-0.05, 0) is 68.4 Å². The molecule has 0 N–H and O–H groups in total. The zero-order valence-corrected chi connectivity index (χ0v) is 14.2. The second-order valence-corrected chi connectivity index (χ2v) is 6.98. The van der Waals surface area contributed by atoms with Crippen molar-refractivity contribution in [1.29, 1.82) is 0 Å². The molecular weight excluding hydrogens is 298 g/mol. The van der Waals surface area contributed by atoms with Gasteiger partial charge in [-0.15, -0.1) is 0 Å². The van der Waals surface area contributed by atoms with E-state index in [-0.39, 0.29) is 11.8 Å². The lowest BCUT2D eigenvalue weighted by molar-refractivity contribution is 0.0790. The molecule has 2 aromatic rings. The molecule has 0 bridgehead atoms. The first kappa shape index (κ1) is 15.3. The van der Waals surface area contributed by atoms with E-state index in [1.807, 2.05) is 30.2 Å². The molecule has 124 valence electrons. The van der Waals surface area contributed by atoms with Gasteiger partial charge in [-0.3, -0.25) is 4.79 Å². The van der Waals surface area contributed by atoms with Crippen LogP contribution >= 0.6 is 0 Å². The van der Waals surface area contributed by atoms with E-state index in [1.54, 1.807) is 0 Å². The van der Waals surface area contributed by atoms with Crippen LogP contribution in [0.5, 0.6) is 0 Å². The lowest BCUT2D eigenvalue weighted by atomic mass is 9.90. The average Bonchev–Trinajstić information content (AvgIpc) is 3.11. The largest absolute Gasteiger partial charge is 0.338 e. The number of aryl methyl sites for hydroxylation is 3. The van der Waals surface area contributed by atoms with Gasteiger partial charge in [-0.25, -0.2) is 9.97 Å². The van der Waals surface area contributed by atoms with E-state index in [1.165, 1.54) is 24.0 Å². The third-order valence-electron chi connectivity index (χ3n) is 5.25. The fraction of sp³-hybridized carbons (Fsp3) is 0.450. The fourth-order valence-electron chi connectivity index (χ4n) is 3.87. The quantitative estimate of drug-likeness (QED) is 0.852. The molecule has 2 heterocycles. The van der Waals surface area contributed by atoms with Gasteiger partial charge in [0.1, 0.15) is 5.82 Å². The van der Waals surface area contributed by atoms with Gasteiger partial charge in [0.05, 0.1) is 0 Å². The van der Waals surface area contributed by atoms with Crippen molar-refractivity contribution < 1.29 is 4.79 Å². The lowest BCUT2D eigenvalue weighted by Gasteiger charge is -2.20. The molecule has 2 aliphatic rings. The van der Waals surface area contributed by atoms with Crippen molar-refractivity contribution >= 4 is 5.91 Å². The van der Waals surface area contributed by atoms with Gasteiger partial charge < -0.3 is 4.90 Å². The summed E-state index contributed by atoms with van der Waals surface area (Å²) in [6.45, 7) is 3.49. The molecule has 4 heteroatoms. The van der Waals surface area contributed by atoms with E-state index in [4.69, 9.17) is 0 Å². The molecule has 1 aliphatic heterocycles. The number of likely N-dealkylation sites (tertiary alicyclic amines) is 1. The first-order chi connectivity index (χ1) is 11.7. The Hall–Kier alpha value is -2.23. The van der Waals surface area contributed by atoms with Gasteiger partial charge in [-0.1, -0.05) is 6.07 Å². The Morgan fingerprint density at radius 1 is 1.17 bits per heavy atom. The maximum Gasteiger partial charge on any atom is 0.253 e. The molecule has 4 rings (SSSR count). The Morgan fingerprint density at radius 3 is 2.83 bits per heavy atom. The molecule has 0 radical (unpaired) electrons. The van der Waals surface area contributed by atoms with Crippen LogP contribution in [-0.2, 0) is 12.8 Å². The zero-order chi connectivity index (χ0) is 16.5. The summed E-state index contributed by atoms with van der Waals surface area (Å²) in [6, 6.07) is 8.18. The molecule has 0 spiro atoms. The fourth-order valence-corrected chi connectivity index (χ4v) is 3.87. The van der Waals surface area contributed by atoms with Gasteiger partial charge in [-0.2, -0.15) is 0 Å². The topological polar surface area (TPSA) is 46.1 Å². The second kappa shape index (κ2) is 6.34. The van der Waals surface area contributed by atoms with Crippen molar-refractivity contribution in [3.8, 4) is 0 Å². The van der Waals surface area contributed by atoms with Gasteiger partial charge in [0.15, 0.2) is 0 Å². The van der Waals surface area contributed by atoms with Gasteiger partial charge >= 0.3 is 0 Å². The van der Waals surface area contributed by atoms with Crippen LogP contribution in [0, 0.1) is 6.92 Å². The first-order valence-corrected chi connectivity index (χ1v) is 8.91. The molecular formula is C20H23N3O. The second-order valence-electron chi connectivity index (χ2n) is 6.98. The van der Waals surface area contributed by atoms with Crippen molar-refractivity contribution in [2.45, 2.75) is 44.9 Å². The van der Waals surface area contributed by atoms with Crippen LogP contribution in [0.25, 0.3) is 0 Å². The molecule has 1 aromatic heterocycles. The molecule has 24 heavy (non-hydrogen) atoms. The van der Waals surface area contributed by atoms with Crippen molar-refractivity contribution in [3.63, 3.8) is 0 Å². The Morgan fingerprint density at radius 2 is 2.00 bits per heavy atom. The van der Waals surface area contributed by atoms with E-state index in [2.05, 4.69) is 22.1 Å². The maximum absolute atomic E-state index is 12.9. The van der Waals surface area contributed by atoms with Crippen LogP contribution in [0.4, 0.5) is 0 Å². The number of benzene rings is 1. The standard InChI is InChI=1S/C20H23N3O/c1-14-8-10-21-19(22-14)18-9-11-23(13-18)20(24)17-7-6-15-4-2-3-5-16(15)12-17/h6-8,10,12,18H,2-5,9,11,13H2,1H3. The minimum Gasteiger partial charge on any atom is -0.338 e. The summed E-state index contributed by atoms with van der Waals surface area (Å²) in [7, 11) is 0. The van der Waals surface area contributed by atoms with Crippen LogP contribution < -0.4 is 0 Å². The van der Waals surface area contributed by atoms with Crippen LogP contribution in [-0.4, -0.2) is 33.9 Å². The van der Waals surface area contributed by atoms with Crippen LogP contribution in [0.3, 0.4) is 0 Å². The summed E-state index contributed by atoms with van der Waals surface area (Å²) < 4.78 is 0. The number of carbonyl (C=O) groups is 1. The molecule has 4 nitrogen and oxygen atoms in total. The SMILES string of the molecule is Cc1ccnc(C2CCN(C(=O)c3ccc4c(c3)CCCC4)C2)n1. The van der Waals surface area contributed by atoms with Crippen LogP contribution in [0.15, 0.2) is 30.5 Å². The number of aromatic nitrogens is 2. The Bertz CT molecular complexity index is 771. The molecule has 1 amide bonds. The van der Waals surface area contributed by atoms with E-state index in [0.717, 1.165) is 49.4 Å². The normalized spacial score (nSPS) is 20.0. The minimum atomic E-state index is 0.151. The summed E-state index contributed by atoms with van der Waals surface area (Å²) in [6.07, 6.45) is 7.52. The number of hydrogen-bond acceptors (Lipinski definition) is 3. The molecule has 1 aromatic carbocycles. The Kier molecular flexibility index (Phi) is 4.05. The Labute approximate surface area is 142 Å². The highest BCUT2D eigenvalue weighted by atomic mass is 16.2. The van der Waals surface area contributed by atoms with E-state index < -0.39 is 0 Å². The van der Waals surface area contributed by atoms with Gasteiger partial charge in [0.2, 0.25) is 0 Å². The smallest absolute Gasteiger partial charge is 0.253 e. The molecule has 1 atom stereocenters. The van der Waals surface area contributed by atoms with Crippen molar-refractivity contribution in [2.24, 2.45) is 0 Å². The van der Waals surface area contributed by atoms with Gasteiger partial charge in [0.25, 0.3) is 5.91 Å². The van der Waals surface area contributed by atoms with E-state index in [0.29, 0.717) is 0 Å². The molecule has 1 saturated heterocycles. The highest BCUT2D eigenvalue weighted by Gasteiger charge is 2.30. The van der Waals surface area contributed by atoms with Crippen molar-refractivity contribution in [1.82, 2.24) is 14.9 Å². The summed E-state index contributed by atoms with van der Waals surface area (Å²) in [5, 5.41) is 0. The minimum absolute atomic E-state index is 0.151. The highest BCUT2D eigenvalue weighted by molar-refractivity contribution is 5.94. The summed E-state index contributed by atoms with van der Waals surface area (Å²) in [4.78, 5) is 23.7. The summed E-state index contributed by atoms with van der Waals surface area (Å²) in [5.74, 6) is 1.28. The molecule has 0 saturated carbocycles. The summed E-state index contributed by atoms with van der Waals surface area (Å²) in [5.41, 5.74) is 4.61. The van der Waals surface area contributed by atoms with Crippen LogP contribution in [0.1, 0.15) is 58.2 Å².